The number of aryl methyl sites for hydroxylation is 2. The van der Waals surface area contributed by atoms with E-state index in [9.17, 15) is 0 Å². The van der Waals surface area contributed by atoms with E-state index in [1.165, 1.54) is 11.5 Å². The van der Waals surface area contributed by atoms with Gasteiger partial charge in [0.05, 0.1) is 6.54 Å². The van der Waals surface area contributed by atoms with E-state index in [0.29, 0.717) is 18.3 Å². The summed E-state index contributed by atoms with van der Waals surface area (Å²) in [6.45, 7) is 4.11. The van der Waals surface area contributed by atoms with Crippen molar-refractivity contribution >= 4 is 16.7 Å². The highest BCUT2D eigenvalue weighted by Crippen LogP contribution is 2.10. The molecule has 0 aliphatic heterocycles. The van der Waals surface area contributed by atoms with Crippen LogP contribution in [0.4, 0.5) is 5.13 Å². The van der Waals surface area contributed by atoms with Crippen LogP contribution in [-0.4, -0.2) is 19.5 Å². The second kappa shape index (κ2) is 3.70. The molecule has 0 saturated heterocycles. The lowest BCUT2D eigenvalue weighted by Gasteiger charge is -1.94. The minimum absolute atomic E-state index is 0.506. The first-order valence-electron chi connectivity index (χ1n) is 4.07. The van der Waals surface area contributed by atoms with Crippen molar-refractivity contribution in [2.45, 2.75) is 20.4 Å². The monoisotopic (exact) mass is 211 g/mol. The molecule has 0 aliphatic rings. The smallest absolute Gasteiger partial charge is 0.223 e. The third kappa shape index (κ3) is 2.05. The fourth-order valence-electron chi connectivity index (χ4n) is 0.937. The van der Waals surface area contributed by atoms with Crippen molar-refractivity contribution in [3.63, 3.8) is 0 Å². The number of hydrogen-bond acceptors (Lipinski definition) is 7. The van der Waals surface area contributed by atoms with Crippen LogP contribution in [0.5, 0.6) is 0 Å². The van der Waals surface area contributed by atoms with Gasteiger partial charge in [0.1, 0.15) is 5.82 Å². The van der Waals surface area contributed by atoms with Crippen LogP contribution in [-0.2, 0) is 6.54 Å². The third-order valence-corrected chi connectivity index (χ3v) is 2.26. The average Bonchev–Trinajstić information content (AvgIpc) is 2.72. The maximum absolute atomic E-state index is 4.82. The molecule has 0 aliphatic carbocycles. The Kier molecular flexibility index (Phi) is 2.40. The summed E-state index contributed by atoms with van der Waals surface area (Å²) in [6, 6.07) is 0. The predicted octanol–water partition coefficient (Wildman–Crippen LogP) is 1.15. The molecule has 2 heterocycles. The summed E-state index contributed by atoms with van der Waals surface area (Å²) in [4.78, 5) is 8.19. The Labute approximate surface area is 84.5 Å². The molecule has 14 heavy (non-hydrogen) atoms. The van der Waals surface area contributed by atoms with Gasteiger partial charge in [0.25, 0.3) is 0 Å². The van der Waals surface area contributed by atoms with E-state index in [1.54, 1.807) is 6.92 Å². The summed E-state index contributed by atoms with van der Waals surface area (Å²) in [5.74, 6) is 1.95. The molecule has 0 fully saturated rings. The average molecular weight is 211 g/mol. The molecule has 0 spiro atoms. The van der Waals surface area contributed by atoms with Gasteiger partial charge in [-0.05, 0) is 6.92 Å². The van der Waals surface area contributed by atoms with Gasteiger partial charge in [-0.1, -0.05) is 5.16 Å². The van der Waals surface area contributed by atoms with Gasteiger partial charge in [0, 0.05) is 18.5 Å². The van der Waals surface area contributed by atoms with Crippen molar-refractivity contribution in [1.29, 1.82) is 0 Å². The van der Waals surface area contributed by atoms with Crippen molar-refractivity contribution in [3.8, 4) is 0 Å². The summed E-state index contributed by atoms with van der Waals surface area (Å²) in [5.41, 5.74) is 0. The Morgan fingerprint density at radius 2 is 2.21 bits per heavy atom. The second-order valence-electron chi connectivity index (χ2n) is 2.73. The molecule has 2 aromatic rings. The number of rotatable bonds is 3. The topological polar surface area (TPSA) is 76.7 Å². The van der Waals surface area contributed by atoms with Crippen LogP contribution in [0, 0.1) is 13.8 Å². The first-order valence-corrected chi connectivity index (χ1v) is 4.85. The number of aromatic nitrogens is 4. The van der Waals surface area contributed by atoms with Crippen molar-refractivity contribution in [2.24, 2.45) is 0 Å². The first kappa shape index (κ1) is 9.07. The van der Waals surface area contributed by atoms with Crippen LogP contribution in [0.1, 0.15) is 17.5 Å². The largest absolute Gasteiger partial charge is 0.353 e. The second-order valence-corrected chi connectivity index (χ2v) is 3.48. The molecule has 0 bridgehead atoms. The van der Waals surface area contributed by atoms with Gasteiger partial charge in [-0.3, -0.25) is 0 Å². The lowest BCUT2D eigenvalue weighted by atomic mass is 10.6. The van der Waals surface area contributed by atoms with Crippen LogP contribution in [0.2, 0.25) is 0 Å². The molecule has 74 valence electrons. The zero-order chi connectivity index (χ0) is 9.97. The van der Waals surface area contributed by atoms with Gasteiger partial charge in [0.2, 0.25) is 11.0 Å². The minimum atomic E-state index is 0.506. The Hall–Kier alpha value is -1.50. The Balaban J connectivity index is 1.94. The quantitative estimate of drug-likeness (QED) is 0.820. The van der Waals surface area contributed by atoms with Gasteiger partial charge >= 0.3 is 0 Å². The van der Waals surface area contributed by atoms with E-state index >= 15 is 0 Å². The van der Waals surface area contributed by atoms with E-state index in [4.69, 9.17) is 4.52 Å². The number of hydrogen-bond donors (Lipinski definition) is 1. The van der Waals surface area contributed by atoms with Gasteiger partial charge in [-0.25, -0.2) is 4.98 Å². The van der Waals surface area contributed by atoms with Gasteiger partial charge in [0.15, 0.2) is 5.82 Å². The Bertz CT molecular complexity index is 383. The highest BCUT2D eigenvalue weighted by atomic mass is 32.1. The highest BCUT2D eigenvalue weighted by molar-refractivity contribution is 7.09. The van der Waals surface area contributed by atoms with Crippen LogP contribution < -0.4 is 5.32 Å². The summed E-state index contributed by atoms with van der Waals surface area (Å²) in [7, 11) is 0. The standard InChI is InChI=1S/C7H9N5OS/c1-4-9-7(14-12-4)8-3-6-10-5(2)13-11-6/h3H2,1-2H3,(H,8,9,12). The van der Waals surface area contributed by atoms with E-state index in [2.05, 4.69) is 24.8 Å². The molecule has 0 amide bonds. The molecule has 7 heteroatoms. The molecule has 0 radical (unpaired) electrons. The predicted molar refractivity (Wildman–Crippen MR) is 51.0 cm³/mol. The zero-order valence-corrected chi connectivity index (χ0v) is 8.63. The van der Waals surface area contributed by atoms with Crippen molar-refractivity contribution in [1.82, 2.24) is 19.5 Å². The molecule has 6 nitrogen and oxygen atoms in total. The normalized spacial score (nSPS) is 10.4. The molecule has 2 aromatic heterocycles. The van der Waals surface area contributed by atoms with Crippen LogP contribution in [0.15, 0.2) is 4.52 Å². The van der Waals surface area contributed by atoms with E-state index in [1.807, 2.05) is 6.92 Å². The zero-order valence-electron chi connectivity index (χ0n) is 7.81. The maximum Gasteiger partial charge on any atom is 0.223 e. The molecule has 0 unspecified atom stereocenters. The Morgan fingerprint density at radius 1 is 1.36 bits per heavy atom. The van der Waals surface area contributed by atoms with Gasteiger partial charge < -0.3 is 9.84 Å². The molecular weight excluding hydrogens is 202 g/mol. The SMILES string of the molecule is Cc1nsc(NCc2noc(C)n2)n1. The van der Waals surface area contributed by atoms with Crippen molar-refractivity contribution < 1.29 is 4.52 Å². The molecule has 0 atom stereocenters. The molecule has 1 N–H and O–H groups in total. The summed E-state index contributed by atoms with van der Waals surface area (Å²) >= 11 is 1.32. The van der Waals surface area contributed by atoms with E-state index in [0.717, 1.165) is 11.0 Å². The number of anilines is 1. The van der Waals surface area contributed by atoms with Crippen molar-refractivity contribution in [2.75, 3.05) is 5.32 Å². The van der Waals surface area contributed by atoms with Crippen LogP contribution in [0.3, 0.4) is 0 Å². The minimum Gasteiger partial charge on any atom is -0.353 e. The summed E-state index contributed by atoms with van der Waals surface area (Å²) in [5, 5.41) is 7.57. The highest BCUT2D eigenvalue weighted by Gasteiger charge is 2.03. The molecule has 0 aromatic carbocycles. The first-order chi connectivity index (χ1) is 6.74. The number of nitrogens with zero attached hydrogens (tertiary/aromatic N) is 4. The third-order valence-electron chi connectivity index (χ3n) is 1.49. The lowest BCUT2D eigenvalue weighted by Crippen LogP contribution is -2.00. The van der Waals surface area contributed by atoms with Gasteiger partial charge in [-0.15, -0.1) is 0 Å². The van der Waals surface area contributed by atoms with E-state index < -0.39 is 0 Å². The fraction of sp³-hybridized carbons (Fsp3) is 0.429. The molecule has 2 rings (SSSR count). The summed E-state index contributed by atoms with van der Waals surface area (Å²) < 4.78 is 8.86. The molecule has 0 saturated carbocycles. The van der Waals surface area contributed by atoms with E-state index in [-0.39, 0.29) is 0 Å². The summed E-state index contributed by atoms with van der Waals surface area (Å²) in [6.07, 6.45) is 0. The van der Waals surface area contributed by atoms with Crippen LogP contribution in [0.25, 0.3) is 0 Å². The Morgan fingerprint density at radius 3 is 2.79 bits per heavy atom. The van der Waals surface area contributed by atoms with Crippen molar-refractivity contribution in [3.05, 3.63) is 17.5 Å². The molecular formula is C7H9N5OS. The van der Waals surface area contributed by atoms with Crippen LogP contribution >= 0.6 is 11.5 Å². The lowest BCUT2D eigenvalue weighted by molar-refractivity contribution is 0.388. The number of nitrogens with one attached hydrogen (secondary N) is 1. The fourth-order valence-corrected chi connectivity index (χ4v) is 1.51. The maximum atomic E-state index is 4.82. The van der Waals surface area contributed by atoms with Gasteiger partial charge in [-0.2, -0.15) is 9.36 Å².